The summed E-state index contributed by atoms with van der Waals surface area (Å²) in [5.41, 5.74) is 3.39. The van der Waals surface area contributed by atoms with E-state index >= 15 is 0 Å². The summed E-state index contributed by atoms with van der Waals surface area (Å²) in [4.78, 5) is 0. The molecule has 0 aliphatic carbocycles. The van der Waals surface area contributed by atoms with Gasteiger partial charge in [-0.3, -0.25) is 0 Å². The first-order valence-electron chi connectivity index (χ1n) is 6.37. The molecule has 1 saturated heterocycles. The highest BCUT2D eigenvalue weighted by molar-refractivity contribution is 5.63. The number of rotatable bonds is 4. The van der Waals surface area contributed by atoms with E-state index in [4.69, 9.17) is 9.47 Å². The molecule has 1 heterocycles. The smallest absolute Gasteiger partial charge is 0.231 e. The van der Waals surface area contributed by atoms with Crippen LogP contribution in [0.5, 0.6) is 5.75 Å². The molecule has 0 radical (unpaired) electrons. The van der Waals surface area contributed by atoms with Crippen LogP contribution in [-0.4, -0.2) is 12.4 Å². The van der Waals surface area contributed by atoms with Crippen molar-refractivity contribution in [2.75, 3.05) is 0 Å². The van der Waals surface area contributed by atoms with Crippen molar-refractivity contribution in [2.45, 2.75) is 19.3 Å². The Balaban J connectivity index is 1.69. The molecular weight excluding hydrogens is 236 g/mol. The molecule has 0 bridgehead atoms. The van der Waals surface area contributed by atoms with Gasteiger partial charge in [-0.15, -0.1) is 0 Å². The Hall–Kier alpha value is -2.06. The van der Waals surface area contributed by atoms with Crippen molar-refractivity contribution in [2.24, 2.45) is 0 Å². The Morgan fingerprint density at radius 3 is 2.21 bits per heavy atom. The molecule has 1 fully saturated rings. The molecule has 2 aromatic carbocycles. The van der Waals surface area contributed by atoms with E-state index in [9.17, 15) is 0 Å². The van der Waals surface area contributed by atoms with Crippen LogP contribution in [0.1, 0.15) is 6.92 Å². The molecule has 1 aliphatic rings. The van der Waals surface area contributed by atoms with Gasteiger partial charge >= 0.3 is 0 Å². The first-order chi connectivity index (χ1) is 9.24. The molecule has 0 spiro atoms. The van der Waals surface area contributed by atoms with Crippen LogP contribution in [0, 0.1) is 0 Å². The van der Waals surface area contributed by atoms with Gasteiger partial charge in [-0.1, -0.05) is 49.0 Å². The lowest BCUT2D eigenvalue weighted by Crippen LogP contribution is -2.03. The molecule has 0 aromatic heterocycles. The maximum atomic E-state index is 5.71. The van der Waals surface area contributed by atoms with Gasteiger partial charge in [-0.2, -0.15) is 0 Å². The van der Waals surface area contributed by atoms with E-state index in [0.29, 0.717) is 0 Å². The minimum absolute atomic E-state index is 0.0498. The minimum atomic E-state index is -0.167. The van der Waals surface area contributed by atoms with Crippen LogP contribution in [-0.2, 0) is 4.74 Å². The van der Waals surface area contributed by atoms with Crippen LogP contribution in [0.4, 0.5) is 0 Å². The van der Waals surface area contributed by atoms with E-state index in [1.54, 1.807) is 0 Å². The van der Waals surface area contributed by atoms with Crippen LogP contribution in [0.15, 0.2) is 66.7 Å². The third-order valence-corrected chi connectivity index (χ3v) is 3.15. The molecule has 2 atom stereocenters. The molecular formula is C17H16O2. The van der Waals surface area contributed by atoms with Gasteiger partial charge in [0.15, 0.2) is 0 Å². The van der Waals surface area contributed by atoms with Gasteiger partial charge in [-0.25, -0.2) is 0 Å². The molecule has 3 rings (SSSR count). The summed E-state index contributed by atoms with van der Waals surface area (Å²) >= 11 is 0. The lowest BCUT2D eigenvalue weighted by Gasteiger charge is -2.05. The lowest BCUT2D eigenvalue weighted by atomic mass is 10.1. The predicted octanol–water partition coefficient (Wildman–Crippen LogP) is 4.03. The molecule has 96 valence electrons. The second kappa shape index (κ2) is 4.90. The Morgan fingerprint density at radius 2 is 1.63 bits per heavy atom. The van der Waals surface area contributed by atoms with E-state index in [1.807, 2.05) is 37.3 Å². The Morgan fingerprint density at radius 1 is 1.00 bits per heavy atom. The van der Waals surface area contributed by atoms with Gasteiger partial charge in [0.05, 0.1) is 0 Å². The fraction of sp³-hybridized carbons (Fsp3) is 0.176. The lowest BCUT2D eigenvalue weighted by molar-refractivity contribution is 0.179. The molecule has 2 nitrogen and oxygen atoms in total. The third-order valence-electron chi connectivity index (χ3n) is 3.15. The van der Waals surface area contributed by atoms with Crippen LogP contribution in [0.3, 0.4) is 0 Å². The highest BCUT2D eigenvalue weighted by Gasteiger charge is 2.41. The SMILES string of the molecule is C=C(C)C1OC1Oc1ccc(-c2ccccc2)cc1. The van der Waals surface area contributed by atoms with Gasteiger partial charge in [0.1, 0.15) is 11.9 Å². The van der Waals surface area contributed by atoms with E-state index < -0.39 is 0 Å². The van der Waals surface area contributed by atoms with E-state index in [1.165, 1.54) is 11.1 Å². The zero-order valence-electron chi connectivity index (χ0n) is 10.9. The summed E-state index contributed by atoms with van der Waals surface area (Å²) in [6.07, 6.45) is -0.117. The molecule has 2 aromatic rings. The Labute approximate surface area is 113 Å². The minimum Gasteiger partial charge on any atom is -0.462 e. The maximum Gasteiger partial charge on any atom is 0.231 e. The average molecular weight is 252 g/mol. The number of epoxide rings is 1. The topological polar surface area (TPSA) is 21.8 Å². The predicted molar refractivity (Wildman–Crippen MR) is 76.0 cm³/mol. The van der Waals surface area contributed by atoms with E-state index in [-0.39, 0.29) is 12.4 Å². The van der Waals surface area contributed by atoms with Crippen molar-refractivity contribution in [1.29, 1.82) is 0 Å². The highest BCUT2D eigenvalue weighted by atomic mass is 16.8. The molecule has 0 N–H and O–H groups in total. The summed E-state index contributed by atoms with van der Waals surface area (Å²) in [7, 11) is 0. The van der Waals surface area contributed by atoms with Crippen LogP contribution >= 0.6 is 0 Å². The summed E-state index contributed by atoms with van der Waals surface area (Å²) < 4.78 is 11.1. The largest absolute Gasteiger partial charge is 0.462 e. The van der Waals surface area contributed by atoms with Crippen molar-refractivity contribution >= 4 is 0 Å². The summed E-state index contributed by atoms with van der Waals surface area (Å²) in [6, 6.07) is 18.3. The molecule has 2 heteroatoms. The maximum absolute atomic E-state index is 5.71. The van der Waals surface area contributed by atoms with Crippen LogP contribution < -0.4 is 4.74 Å². The molecule has 0 saturated carbocycles. The van der Waals surface area contributed by atoms with Crippen LogP contribution in [0.25, 0.3) is 11.1 Å². The van der Waals surface area contributed by atoms with Gasteiger partial charge in [0, 0.05) is 0 Å². The van der Waals surface area contributed by atoms with Crippen molar-refractivity contribution < 1.29 is 9.47 Å². The van der Waals surface area contributed by atoms with Gasteiger partial charge in [0.2, 0.25) is 6.29 Å². The first kappa shape index (κ1) is 12.0. The van der Waals surface area contributed by atoms with Crippen LogP contribution in [0.2, 0.25) is 0 Å². The molecule has 0 amide bonds. The van der Waals surface area contributed by atoms with E-state index in [0.717, 1.165) is 11.3 Å². The van der Waals surface area contributed by atoms with E-state index in [2.05, 4.69) is 30.8 Å². The summed E-state index contributed by atoms with van der Waals surface area (Å²) in [6.45, 7) is 5.81. The van der Waals surface area contributed by atoms with Crippen molar-refractivity contribution in [3.63, 3.8) is 0 Å². The fourth-order valence-electron chi connectivity index (χ4n) is 2.03. The normalized spacial score (nSPS) is 20.9. The number of ether oxygens (including phenoxy) is 2. The monoisotopic (exact) mass is 252 g/mol. The Bertz CT molecular complexity index is 572. The zero-order valence-corrected chi connectivity index (χ0v) is 10.9. The average Bonchev–Trinajstić information content (AvgIpc) is 3.20. The van der Waals surface area contributed by atoms with Gasteiger partial charge in [-0.05, 0) is 35.8 Å². The summed E-state index contributed by atoms with van der Waals surface area (Å²) in [5.74, 6) is 0.827. The third kappa shape index (κ3) is 2.69. The molecule has 1 aliphatic heterocycles. The van der Waals surface area contributed by atoms with Crippen molar-refractivity contribution in [3.05, 3.63) is 66.7 Å². The second-order valence-corrected chi connectivity index (χ2v) is 4.78. The Kier molecular flexibility index (Phi) is 3.10. The van der Waals surface area contributed by atoms with Gasteiger partial charge < -0.3 is 9.47 Å². The van der Waals surface area contributed by atoms with Crippen molar-refractivity contribution in [3.8, 4) is 16.9 Å². The number of benzene rings is 2. The highest BCUT2D eigenvalue weighted by Crippen LogP contribution is 2.31. The number of hydrogen-bond acceptors (Lipinski definition) is 2. The quantitative estimate of drug-likeness (QED) is 0.605. The first-order valence-corrected chi connectivity index (χ1v) is 6.37. The molecule has 19 heavy (non-hydrogen) atoms. The summed E-state index contributed by atoms with van der Waals surface area (Å²) in [5, 5.41) is 0. The van der Waals surface area contributed by atoms with Crippen molar-refractivity contribution in [1.82, 2.24) is 0 Å². The molecule has 2 unspecified atom stereocenters. The standard InChI is InChI=1S/C17H16O2/c1-12(2)16-17(19-16)18-15-10-8-14(9-11-15)13-6-4-3-5-7-13/h3-11,16-17H,1H2,2H3. The fourth-order valence-corrected chi connectivity index (χ4v) is 2.03. The zero-order chi connectivity index (χ0) is 13.2. The second-order valence-electron chi connectivity index (χ2n) is 4.78. The van der Waals surface area contributed by atoms with Gasteiger partial charge in [0.25, 0.3) is 0 Å². The number of hydrogen-bond donors (Lipinski definition) is 0.